The monoisotopic (exact) mass is 360 g/mol. The SMILES string of the molecule is COc1ccc(N2CCN(c3ccc(OC)cc3)C2c2ccccc2)cc1. The Hall–Kier alpha value is -3.14. The number of methoxy groups -OCH3 is 2. The van der Waals surface area contributed by atoms with Gasteiger partial charge in [0, 0.05) is 24.5 Å². The van der Waals surface area contributed by atoms with Gasteiger partial charge >= 0.3 is 0 Å². The minimum atomic E-state index is 0.146. The first-order chi connectivity index (χ1) is 13.3. The highest BCUT2D eigenvalue weighted by Gasteiger charge is 2.33. The van der Waals surface area contributed by atoms with E-state index in [2.05, 4.69) is 64.4 Å². The molecule has 0 radical (unpaired) electrons. The highest BCUT2D eigenvalue weighted by Crippen LogP contribution is 2.38. The van der Waals surface area contributed by atoms with Crippen molar-refractivity contribution in [1.82, 2.24) is 0 Å². The summed E-state index contributed by atoms with van der Waals surface area (Å²) in [5, 5.41) is 0. The molecule has 0 aliphatic carbocycles. The van der Waals surface area contributed by atoms with Crippen molar-refractivity contribution in [3.63, 3.8) is 0 Å². The molecule has 4 rings (SSSR count). The molecular weight excluding hydrogens is 336 g/mol. The Labute approximate surface area is 160 Å². The molecule has 1 saturated heterocycles. The molecule has 0 saturated carbocycles. The second kappa shape index (κ2) is 7.62. The fraction of sp³-hybridized carbons (Fsp3) is 0.217. The summed E-state index contributed by atoms with van der Waals surface area (Å²) in [6.07, 6.45) is 0.146. The normalized spacial score (nSPS) is 14.4. The third-order valence-corrected chi connectivity index (χ3v) is 5.08. The van der Waals surface area contributed by atoms with E-state index in [9.17, 15) is 0 Å². The Balaban J connectivity index is 1.71. The molecule has 4 nitrogen and oxygen atoms in total. The summed E-state index contributed by atoms with van der Waals surface area (Å²) >= 11 is 0. The van der Waals surface area contributed by atoms with E-state index in [1.54, 1.807) is 14.2 Å². The first-order valence-electron chi connectivity index (χ1n) is 9.16. The van der Waals surface area contributed by atoms with Crippen molar-refractivity contribution >= 4 is 11.4 Å². The molecule has 4 heteroatoms. The van der Waals surface area contributed by atoms with E-state index in [0.29, 0.717) is 0 Å². The number of hydrogen-bond acceptors (Lipinski definition) is 4. The third-order valence-electron chi connectivity index (χ3n) is 5.08. The van der Waals surface area contributed by atoms with Gasteiger partial charge in [0.1, 0.15) is 17.7 Å². The van der Waals surface area contributed by atoms with Crippen molar-refractivity contribution in [2.24, 2.45) is 0 Å². The van der Waals surface area contributed by atoms with Gasteiger partial charge in [-0.25, -0.2) is 0 Å². The molecule has 0 bridgehead atoms. The van der Waals surface area contributed by atoms with Gasteiger partial charge in [-0.05, 0) is 54.1 Å². The van der Waals surface area contributed by atoms with Crippen LogP contribution in [0.5, 0.6) is 11.5 Å². The Bertz CT molecular complexity index is 808. The fourth-order valence-electron chi connectivity index (χ4n) is 3.70. The van der Waals surface area contributed by atoms with Crippen LogP contribution < -0.4 is 19.3 Å². The maximum absolute atomic E-state index is 5.31. The Morgan fingerprint density at radius 3 is 1.48 bits per heavy atom. The average Bonchev–Trinajstić information content (AvgIpc) is 3.19. The van der Waals surface area contributed by atoms with Crippen LogP contribution in [0.1, 0.15) is 11.7 Å². The van der Waals surface area contributed by atoms with Gasteiger partial charge < -0.3 is 19.3 Å². The lowest BCUT2D eigenvalue weighted by Gasteiger charge is -2.33. The molecule has 0 atom stereocenters. The zero-order valence-corrected chi connectivity index (χ0v) is 15.7. The number of ether oxygens (including phenoxy) is 2. The summed E-state index contributed by atoms with van der Waals surface area (Å²) in [7, 11) is 3.39. The summed E-state index contributed by atoms with van der Waals surface area (Å²) < 4.78 is 10.6. The van der Waals surface area contributed by atoms with Gasteiger partial charge in [0.05, 0.1) is 14.2 Å². The van der Waals surface area contributed by atoms with Gasteiger partial charge in [0.2, 0.25) is 0 Å². The molecule has 0 unspecified atom stereocenters. The van der Waals surface area contributed by atoms with Gasteiger partial charge in [-0.15, -0.1) is 0 Å². The van der Waals surface area contributed by atoms with Gasteiger partial charge in [-0.1, -0.05) is 30.3 Å². The lowest BCUT2D eigenvalue weighted by Crippen LogP contribution is -2.30. The molecular formula is C23H24N2O2. The van der Waals surface area contributed by atoms with E-state index >= 15 is 0 Å². The number of benzene rings is 3. The van der Waals surface area contributed by atoms with Crippen LogP contribution in [0.3, 0.4) is 0 Å². The van der Waals surface area contributed by atoms with E-state index in [0.717, 1.165) is 24.6 Å². The van der Waals surface area contributed by atoms with Crippen LogP contribution >= 0.6 is 0 Å². The summed E-state index contributed by atoms with van der Waals surface area (Å²) in [6.45, 7) is 1.91. The zero-order valence-electron chi connectivity index (χ0n) is 15.7. The highest BCUT2D eigenvalue weighted by molar-refractivity contribution is 5.60. The predicted octanol–water partition coefficient (Wildman–Crippen LogP) is 4.73. The van der Waals surface area contributed by atoms with Crippen molar-refractivity contribution in [2.75, 3.05) is 37.1 Å². The molecule has 0 amide bonds. The molecule has 1 fully saturated rings. The zero-order chi connectivity index (χ0) is 18.6. The van der Waals surface area contributed by atoms with E-state index in [1.807, 2.05) is 24.3 Å². The Kier molecular flexibility index (Phi) is 4.88. The number of rotatable bonds is 5. The lowest BCUT2D eigenvalue weighted by atomic mass is 10.1. The summed E-state index contributed by atoms with van der Waals surface area (Å²) in [5.41, 5.74) is 3.67. The standard InChI is InChI=1S/C23H24N2O2/c1-26-21-12-8-19(9-13-21)24-16-17-25(20-10-14-22(27-2)15-11-20)23(24)18-6-4-3-5-7-18/h3-15,23H,16-17H2,1-2H3. The molecule has 1 aliphatic heterocycles. The molecule has 1 heterocycles. The smallest absolute Gasteiger partial charge is 0.128 e. The van der Waals surface area contributed by atoms with Crippen LogP contribution in [0.15, 0.2) is 78.9 Å². The van der Waals surface area contributed by atoms with Crippen LogP contribution in [-0.2, 0) is 0 Å². The third kappa shape index (κ3) is 3.43. The molecule has 3 aromatic rings. The molecule has 0 spiro atoms. The number of anilines is 2. The Morgan fingerprint density at radius 1 is 0.630 bits per heavy atom. The first-order valence-corrected chi connectivity index (χ1v) is 9.16. The Morgan fingerprint density at radius 2 is 1.07 bits per heavy atom. The van der Waals surface area contributed by atoms with E-state index in [1.165, 1.54) is 16.9 Å². The van der Waals surface area contributed by atoms with E-state index in [-0.39, 0.29) is 6.17 Å². The van der Waals surface area contributed by atoms with Gasteiger partial charge in [0.25, 0.3) is 0 Å². The van der Waals surface area contributed by atoms with Crippen LogP contribution in [0.25, 0.3) is 0 Å². The van der Waals surface area contributed by atoms with Crippen molar-refractivity contribution in [2.45, 2.75) is 6.17 Å². The van der Waals surface area contributed by atoms with Crippen LogP contribution in [-0.4, -0.2) is 27.3 Å². The second-order valence-electron chi connectivity index (χ2n) is 6.57. The van der Waals surface area contributed by atoms with E-state index in [4.69, 9.17) is 9.47 Å². The highest BCUT2D eigenvalue weighted by atomic mass is 16.5. The molecule has 1 aliphatic rings. The summed E-state index contributed by atoms with van der Waals surface area (Å²) in [4.78, 5) is 4.89. The maximum Gasteiger partial charge on any atom is 0.128 e. The van der Waals surface area contributed by atoms with Gasteiger partial charge in [-0.2, -0.15) is 0 Å². The minimum absolute atomic E-state index is 0.146. The number of hydrogen-bond donors (Lipinski definition) is 0. The van der Waals surface area contributed by atoms with Crippen molar-refractivity contribution in [1.29, 1.82) is 0 Å². The summed E-state index contributed by atoms with van der Waals surface area (Å²) in [5.74, 6) is 1.75. The van der Waals surface area contributed by atoms with Crippen LogP contribution in [0.2, 0.25) is 0 Å². The topological polar surface area (TPSA) is 24.9 Å². The summed E-state index contributed by atoms with van der Waals surface area (Å²) in [6, 6.07) is 27.3. The quantitative estimate of drug-likeness (QED) is 0.657. The lowest BCUT2D eigenvalue weighted by molar-refractivity contribution is 0.414. The van der Waals surface area contributed by atoms with E-state index < -0.39 is 0 Å². The molecule has 138 valence electrons. The molecule has 3 aromatic carbocycles. The molecule has 0 aromatic heterocycles. The van der Waals surface area contributed by atoms with Gasteiger partial charge in [-0.3, -0.25) is 0 Å². The predicted molar refractivity (Wildman–Crippen MR) is 110 cm³/mol. The second-order valence-corrected chi connectivity index (χ2v) is 6.57. The van der Waals surface area contributed by atoms with Crippen molar-refractivity contribution < 1.29 is 9.47 Å². The molecule has 27 heavy (non-hydrogen) atoms. The maximum atomic E-state index is 5.31. The average molecular weight is 360 g/mol. The largest absolute Gasteiger partial charge is 0.497 e. The molecule has 0 N–H and O–H groups in total. The minimum Gasteiger partial charge on any atom is -0.497 e. The van der Waals surface area contributed by atoms with Crippen LogP contribution in [0, 0.1) is 0 Å². The first kappa shape index (κ1) is 17.3. The van der Waals surface area contributed by atoms with Crippen molar-refractivity contribution in [3.8, 4) is 11.5 Å². The van der Waals surface area contributed by atoms with Gasteiger partial charge in [0.15, 0.2) is 0 Å². The van der Waals surface area contributed by atoms with Crippen molar-refractivity contribution in [3.05, 3.63) is 84.4 Å². The van der Waals surface area contributed by atoms with Crippen LogP contribution in [0.4, 0.5) is 11.4 Å². The fourth-order valence-corrected chi connectivity index (χ4v) is 3.70. The number of nitrogens with zero attached hydrogens (tertiary/aromatic N) is 2.